The van der Waals surface area contributed by atoms with Crippen molar-refractivity contribution in [2.75, 3.05) is 51.5 Å². The zero-order valence-corrected chi connectivity index (χ0v) is 20.5. The van der Waals surface area contributed by atoms with Crippen LogP contribution in [0.1, 0.15) is 12.5 Å². The predicted molar refractivity (Wildman–Crippen MR) is 136 cm³/mol. The fourth-order valence-corrected chi connectivity index (χ4v) is 3.89. The molecular weight excluding hydrogens is 505 g/mol. The molecule has 4 rings (SSSR count). The van der Waals surface area contributed by atoms with E-state index >= 15 is 0 Å². The molecule has 2 aliphatic heterocycles. The lowest BCUT2D eigenvalue weighted by atomic mass is 10.2. The summed E-state index contributed by atoms with van der Waals surface area (Å²) in [6.45, 7) is 8.37. The molecule has 7 nitrogen and oxygen atoms in total. The number of nitrogens with zero attached hydrogens (tertiary/aromatic N) is 3. The number of hydrogen-bond donors (Lipinski definition) is 2. The number of aliphatic imine (C=N–C) groups is 1. The third kappa shape index (κ3) is 6.16. The Balaban J connectivity index is 0.00000272. The summed E-state index contributed by atoms with van der Waals surface area (Å²) in [5, 5.41) is 6.84. The van der Waals surface area contributed by atoms with Crippen LogP contribution in [0, 0.1) is 0 Å². The predicted octanol–water partition coefficient (Wildman–Crippen LogP) is 2.91. The molecule has 2 N–H and O–H groups in total. The van der Waals surface area contributed by atoms with Gasteiger partial charge >= 0.3 is 0 Å². The highest BCUT2D eigenvalue weighted by Gasteiger charge is 2.21. The average Bonchev–Trinajstić information content (AvgIpc) is 3.27. The largest absolute Gasteiger partial charge is 0.454 e. The van der Waals surface area contributed by atoms with Crippen molar-refractivity contribution in [3.63, 3.8) is 0 Å². The molecule has 1 saturated heterocycles. The summed E-state index contributed by atoms with van der Waals surface area (Å²) in [5.41, 5.74) is 2.45. The van der Waals surface area contributed by atoms with Crippen molar-refractivity contribution >= 4 is 35.6 Å². The van der Waals surface area contributed by atoms with Gasteiger partial charge in [-0.15, -0.1) is 24.0 Å². The van der Waals surface area contributed by atoms with Crippen LogP contribution < -0.4 is 25.0 Å². The van der Waals surface area contributed by atoms with Gasteiger partial charge in [0.1, 0.15) is 0 Å². The molecule has 31 heavy (non-hydrogen) atoms. The van der Waals surface area contributed by atoms with Gasteiger partial charge in [0.25, 0.3) is 0 Å². The number of halogens is 1. The number of piperazine rings is 1. The van der Waals surface area contributed by atoms with E-state index in [0.29, 0.717) is 19.4 Å². The maximum atomic E-state index is 5.45. The number of benzene rings is 2. The lowest BCUT2D eigenvalue weighted by Crippen LogP contribution is -2.53. The number of ether oxygens (including phenoxy) is 2. The Morgan fingerprint density at radius 3 is 2.48 bits per heavy atom. The van der Waals surface area contributed by atoms with E-state index in [2.05, 4.69) is 62.7 Å². The molecule has 0 bridgehead atoms. The second kappa shape index (κ2) is 11.4. The van der Waals surface area contributed by atoms with Crippen LogP contribution in [0.2, 0.25) is 0 Å². The van der Waals surface area contributed by atoms with Gasteiger partial charge in [-0.25, -0.2) is 0 Å². The molecule has 2 aromatic carbocycles. The Labute approximate surface area is 201 Å². The van der Waals surface area contributed by atoms with Crippen LogP contribution in [0.25, 0.3) is 0 Å². The zero-order chi connectivity index (χ0) is 20.8. The van der Waals surface area contributed by atoms with E-state index in [0.717, 1.165) is 55.7 Å². The maximum absolute atomic E-state index is 5.45. The summed E-state index contributed by atoms with van der Waals surface area (Å²) >= 11 is 0. The summed E-state index contributed by atoms with van der Waals surface area (Å²) in [4.78, 5) is 9.36. The molecule has 168 valence electrons. The van der Waals surface area contributed by atoms with Crippen molar-refractivity contribution in [1.82, 2.24) is 15.5 Å². The van der Waals surface area contributed by atoms with Gasteiger partial charge in [0.05, 0.1) is 0 Å². The molecule has 1 atom stereocenters. The van der Waals surface area contributed by atoms with Gasteiger partial charge in [-0.2, -0.15) is 0 Å². The number of rotatable bonds is 6. The summed E-state index contributed by atoms with van der Waals surface area (Å²) in [5.74, 6) is 2.42. The molecule has 8 heteroatoms. The molecule has 0 aliphatic carbocycles. The van der Waals surface area contributed by atoms with Crippen molar-refractivity contribution in [2.45, 2.75) is 19.5 Å². The average molecular weight is 537 g/mol. The highest BCUT2D eigenvalue weighted by molar-refractivity contribution is 14.0. The van der Waals surface area contributed by atoms with E-state index < -0.39 is 0 Å². The van der Waals surface area contributed by atoms with Gasteiger partial charge in [0, 0.05) is 58.0 Å². The van der Waals surface area contributed by atoms with E-state index in [-0.39, 0.29) is 24.0 Å². The van der Waals surface area contributed by atoms with Crippen LogP contribution in [0.5, 0.6) is 11.5 Å². The minimum atomic E-state index is 0. The molecule has 0 radical (unpaired) electrons. The van der Waals surface area contributed by atoms with Crippen LogP contribution in [0.4, 0.5) is 5.69 Å². The molecule has 1 fully saturated rings. The van der Waals surface area contributed by atoms with Gasteiger partial charge < -0.3 is 25.0 Å². The van der Waals surface area contributed by atoms with Gasteiger partial charge in [-0.1, -0.05) is 24.3 Å². The van der Waals surface area contributed by atoms with Crippen LogP contribution >= 0.6 is 24.0 Å². The molecule has 0 spiro atoms. The molecule has 2 heterocycles. The highest BCUT2D eigenvalue weighted by atomic mass is 127. The topological polar surface area (TPSA) is 61.4 Å². The number of para-hydroxylation sites is 1. The fraction of sp³-hybridized carbons (Fsp3) is 0.435. The molecule has 0 amide bonds. The van der Waals surface area contributed by atoms with Gasteiger partial charge in [-0.3, -0.25) is 9.89 Å². The van der Waals surface area contributed by atoms with Crippen molar-refractivity contribution < 1.29 is 9.47 Å². The van der Waals surface area contributed by atoms with E-state index in [1.807, 2.05) is 18.2 Å². The number of anilines is 1. The molecule has 2 aliphatic rings. The first kappa shape index (κ1) is 23.5. The Morgan fingerprint density at radius 1 is 1.00 bits per heavy atom. The van der Waals surface area contributed by atoms with E-state index in [4.69, 9.17) is 9.47 Å². The molecule has 2 aromatic rings. The molecular formula is C23H32IN5O2. The first-order chi connectivity index (χ1) is 14.7. The summed E-state index contributed by atoms with van der Waals surface area (Å²) in [6, 6.07) is 17.1. The van der Waals surface area contributed by atoms with Crippen LogP contribution in [0.3, 0.4) is 0 Å². The fourth-order valence-electron chi connectivity index (χ4n) is 3.89. The third-order valence-electron chi connectivity index (χ3n) is 5.74. The first-order valence-electron chi connectivity index (χ1n) is 10.6. The summed E-state index contributed by atoms with van der Waals surface area (Å²) < 4.78 is 10.8. The van der Waals surface area contributed by atoms with Gasteiger partial charge in [0.2, 0.25) is 6.79 Å². The quantitative estimate of drug-likeness (QED) is 0.336. The smallest absolute Gasteiger partial charge is 0.231 e. The third-order valence-corrected chi connectivity index (χ3v) is 5.74. The summed E-state index contributed by atoms with van der Waals surface area (Å²) in [6.07, 6.45) is 0. The Hall–Kier alpha value is -2.20. The van der Waals surface area contributed by atoms with Crippen molar-refractivity contribution in [3.05, 3.63) is 54.1 Å². The van der Waals surface area contributed by atoms with E-state index in [1.54, 1.807) is 7.05 Å². The molecule has 1 unspecified atom stereocenters. The second-order valence-electron chi connectivity index (χ2n) is 7.70. The van der Waals surface area contributed by atoms with Gasteiger partial charge in [0.15, 0.2) is 17.5 Å². The standard InChI is InChI=1S/C23H31N5O2.HI/c1-18(27-10-12-28(13-11-27)20-6-4-3-5-7-20)15-25-23(24-2)26-16-19-8-9-21-22(14-19)30-17-29-21;/h3-9,14,18H,10-13,15-17H2,1-2H3,(H2,24,25,26);1H. The van der Waals surface area contributed by atoms with Gasteiger partial charge in [-0.05, 0) is 36.8 Å². The molecule has 0 saturated carbocycles. The maximum Gasteiger partial charge on any atom is 0.231 e. The SMILES string of the molecule is CN=C(NCc1ccc2c(c1)OCO2)NCC(C)N1CCN(c2ccccc2)CC1.I. The van der Waals surface area contributed by atoms with Crippen LogP contribution in [0.15, 0.2) is 53.5 Å². The normalized spacial score (nSPS) is 17.1. The van der Waals surface area contributed by atoms with E-state index in [9.17, 15) is 0 Å². The highest BCUT2D eigenvalue weighted by Crippen LogP contribution is 2.32. The van der Waals surface area contributed by atoms with Crippen LogP contribution in [-0.2, 0) is 6.54 Å². The lowest BCUT2D eigenvalue weighted by molar-refractivity contribution is 0.174. The number of fused-ring (bicyclic) bond motifs is 1. The number of guanidine groups is 1. The monoisotopic (exact) mass is 537 g/mol. The lowest BCUT2D eigenvalue weighted by Gasteiger charge is -2.39. The zero-order valence-electron chi connectivity index (χ0n) is 18.2. The Kier molecular flexibility index (Phi) is 8.65. The number of nitrogens with one attached hydrogen (secondary N) is 2. The Bertz CT molecular complexity index is 856. The van der Waals surface area contributed by atoms with E-state index in [1.165, 1.54) is 5.69 Å². The van der Waals surface area contributed by atoms with Crippen molar-refractivity contribution in [2.24, 2.45) is 4.99 Å². The molecule has 0 aromatic heterocycles. The summed E-state index contributed by atoms with van der Waals surface area (Å²) in [7, 11) is 1.80. The van der Waals surface area contributed by atoms with Crippen molar-refractivity contribution in [1.29, 1.82) is 0 Å². The second-order valence-corrected chi connectivity index (χ2v) is 7.70. The minimum absolute atomic E-state index is 0. The van der Waals surface area contributed by atoms with Crippen LogP contribution in [-0.4, -0.2) is 63.5 Å². The number of hydrogen-bond acceptors (Lipinski definition) is 5. The first-order valence-corrected chi connectivity index (χ1v) is 10.6. The minimum Gasteiger partial charge on any atom is -0.454 e. The Morgan fingerprint density at radius 2 is 1.74 bits per heavy atom. The van der Waals surface area contributed by atoms with Crippen molar-refractivity contribution in [3.8, 4) is 11.5 Å².